The maximum absolute atomic E-state index is 12.0. The molecule has 19 heavy (non-hydrogen) atoms. The Labute approximate surface area is 117 Å². The molecule has 1 aromatic rings. The fraction of sp³-hybridized carbons (Fsp3) is 0.615. The Hall–Kier alpha value is -1.43. The van der Waals surface area contributed by atoms with Crippen LogP contribution in [0.3, 0.4) is 0 Å². The molecule has 0 bridgehead atoms. The third-order valence-electron chi connectivity index (χ3n) is 3.27. The predicted octanol–water partition coefficient (Wildman–Crippen LogP) is 1.06. The molecule has 6 heteroatoms. The first kappa shape index (κ1) is 14.0. The van der Waals surface area contributed by atoms with Gasteiger partial charge in [-0.05, 0) is 13.8 Å². The van der Waals surface area contributed by atoms with E-state index in [4.69, 9.17) is 0 Å². The van der Waals surface area contributed by atoms with Gasteiger partial charge < -0.3 is 10.2 Å². The largest absolute Gasteiger partial charge is 0.355 e. The summed E-state index contributed by atoms with van der Waals surface area (Å²) in [7, 11) is 0. The molecule has 5 nitrogen and oxygen atoms in total. The standard InChI is InChI=1S/C13H19N3O2S/c1-9(2)16-8-10(7-12(16)17)13(18)15-4-3-11-14-5-6-19-11/h5-6,9-10H,3-4,7-8H2,1-2H3,(H,15,18)/t10-/m1/s1. The van der Waals surface area contributed by atoms with Gasteiger partial charge in [-0.2, -0.15) is 0 Å². The average Bonchev–Trinajstić information content (AvgIpc) is 2.98. The van der Waals surface area contributed by atoms with Crippen LogP contribution in [0.2, 0.25) is 0 Å². The average molecular weight is 281 g/mol. The van der Waals surface area contributed by atoms with E-state index in [-0.39, 0.29) is 23.8 Å². The topological polar surface area (TPSA) is 62.3 Å². The summed E-state index contributed by atoms with van der Waals surface area (Å²) in [4.78, 5) is 29.6. The highest BCUT2D eigenvalue weighted by Gasteiger charge is 2.35. The van der Waals surface area contributed by atoms with Gasteiger partial charge in [-0.25, -0.2) is 4.98 Å². The van der Waals surface area contributed by atoms with E-state index >= 15 is 0 Å². The van der Waals surface area contributed by atoms with E-state index in [9.17, 15) is 9.59 Å². The summed E-state index contributed by atoms with van der Waals surface area (Å²) in [6.07, 6.45) is 2.84. The summed E-state index contributed by atoms with van der Waals surface area (Å²) < 4.78 is 0. The third-order valence-corrected chi connectivity index (χ3v) is 4.11. The highest BCUT2D eigenvalue weighted by molar-refractivity contribution is 7.09. The molecule has 1 aromatic heterocycles. The van der Waals surface area contributed by atoms with E-state index in [2.05, 4.69) is 10.3 Å². The minimum absolute atomic E-state index is 0.0203. The highest BCUT2D eigenvalue weighted by atomic mass is 32.1. The van der Waals surface area contributed by atoms with E-state index in [1.807, 2.05) is 19.2 Å². The van der Waals surface area contributed by atoms with Crippen molar-refractivity contribution in [3.63, 3.8) is 0 Å². The molecule has 1 N–H and O–H groups in total. The summed E-state index contributed by atoms with van der Waals surface area (Å²) in [5, 5.41) is 5.84. The number of nitrogens with one attached hydrogen (secondary N) is 1. The summed E-state index contributed by atoms with van der Waals surface area (Å²) in [6, 6.07) is 0.167. The van der Waals surface area contributed by atoms with Gasteiger partial charge in [-0.1, -0.05) is 0 Å². The molecule has 0 aromatic carbocycles. The monoisotopic (exact) mass is 281 g/mol. The molecule has 1 fully saturated rings. The van der Waals surface area contributed by atoms with E-state index < -0.39 is 0 Å². The quantitative estimate of drug-likeness (QED) is 0.878. The zero-order valence-corrected chi connectivity index (χ0v) is 12.1. The lowest BCUT2D eigenvalue weighted by atomic mass is 10.1. The number of hydrogen-bond donors (Lipinski definition) is 1. The van der Waals surface area contributed by atoms with Gasteiger partial charge in [-0.15, -0.1) is 11.3 Å². The zero-order chi connectivity index (χ0) is 13.8. The number of aromatic nitrogens is 1. The van der Waals surface area contributed by atoms with Crippen LogP contribution < -0.4 is 5.32 Å². The van der Waals surface area contributed by atoms with Crippen LogP contribution in [-0.4, -0.2) is 40.8 Å². The van der Waals surface area contributed by atoms with E-state index in [1.54, 1.807) is 22.4 Å². The van der Waals surface area contributed by atoms with Gasteiger partial charge in [0, 0.05) is 43.5 Å². The van der Waals surface area contributed by atoms with Crippen molar-refractivity contribution in [2.24, 2.45) is 5.92 Å². The van der Waals surface area contributed by atoms with E-state index in [0.29, 0.717) is 19.5 Å². The van der Waals surface area contributed by atoms with Crippen LogP contribution in [0.15, 0.2) is 11.6 Å². The second-order valence-corrected chi connectivity index (χ2v) is 5.99. The van der Waals surface area contributed by atoms with Gasteiger partial charge >= 0.3 is 0 Å². The van der Waals surface area contributed by atoms with Crippen LogP contribution in [0, 0.1) is 5.92 Å². The number of rotatable bonds is 5. The molecule has 1 aliphatic rings. The number of likely N-dealkylation sites (tertiary alicyclic amines) is 1. The molecule has 0 radical (unpaired) electrons. The molecular weight excluding hydrogens is 262 g/mol. The molecule has 0 aliphatic carbocycles. The number of thiazole rings is 1. The van der Waals surface area contributed by atoms with Gasteiger partial charge in [0.25, 0.3) is 0 Å². The molecule has 0 unspecified atom stereocenters. The lowest BCUT2D eigenvalue weighted by Crippen LogP contribution is -2.36. The molecule has 104 valence electrons. The van der Waals surface area contributed by atoms with Crippen LogP contribution >= 0.6 is 11.3 Å². The molecule has 2 heterocycles. The normalized spacial score (nSPS) is 19.2. The second kappa shape index (κ2) is 6.14. The molecule has 0 saturated carbocycles. The van der Waals surface area contributed by atoms with Crippen LogP contribution in [0.5, 0.6) is 0 Å². The van der Waals surface area contributed by atoms with Crippen molar-refractivity contribution in [3.05, 3.63) is 16.6 Å². The third kappa shape index (κ3) is 3.53. The Morgan fingerprint density at radius 1 is 1.63 bits per heavy atom. The smallest absolute Gasteiger partial charge is 0.225 e. The van der Waals surface area contributed by atoms with Crippen LogP contribution in [-0.2, 0) is 16.0 Å². The highest BCUT2D eigenvalue weighted by Crippen LogP contribution is 2.20. The Balaban J connectivity index is 1.76. The summed E-state index contributed by atoms with van der Waals surface area (Å²) in [5.41, 5.74) is 0. The molecular formula is C13H19N3O2S. The first-order chi connectivity index (χ1) is 9.08. The molecule has 2 rings (SSSR count). The minimum atomic E-state index is -0.203. The van der Waals surface area contributed by atoms with Crippen molar-refractivity contribution in [2.45, 2.75) is 32.7 Å². The van der Waals surface area contributed by atoms with Crippen molar-refractivity contribution in [1.82, 2.24) is 15.2 Å². The minimum Gasteiger partial charge on any atom is -0.355 e. The van der Waals surface area contributed by atoms with Crippen LogP contribution in [0.25, 0.3) is 0 Å². The molecule has 2 amide bonds. The molecule has 1 aliphatic heterocycles. The van der Waals surface area contributed by atoms with Crippen molar-refractivity contribution < 1.29 is 9.59 Å². The van der Waals surface area contributed by atoms with Gasteiger partial charge in [0.1, 0.15) is 0 Å². The number of nitrogens with zero attached hydrogens (tertiary/aromatic N) is 2. The van der Waals surface area contributed by atoms with Crippen molar-refractivity contribution in [1.29, 1.82) is 0 Å². The van der Waals surface area contributed by atoms with Gasteiger partial charge in [0.2, 0.25) is 11.8 Å². The first-order valence-electron chi connectivity index (χ1n) is 6.53. The zero-order valence-electron chi connectivity index (χ0n) is 11.3. The van der Waals surface area contributed by atoms with Crippen molar-refractivity contribution in [2.75, 3.05) is 13.1 Å². The summed E-state index contributed by atoms with van der Waals surface area (Å²) in [6.45, 7) is 5.07. The first-order valence-corrected chi connectivity index (χ1v) is 7.41. The van der Waals surface area contributed by atoms with Crippen LogP contribution in [0.1, 0.15) is 25.3 Å². The molecule has 1 saturated heterocycles. The maximum atomic E-state index is 12.0. The fourth-order valence-corrected chi connectivity index (χ4v) is 2.84. The number of amides is 2. The van der Waals surface area contributed by atoms with Gasteiger partial charge in [-0.3, -0.25) is 9.59 Å². The van der Waals surface area contributed by atoms with Crippen molar-refractivity contribution in [3.8, 4) is 0 Å². The Morgan fingerprint density at radius 3 is 3.00 bits per heavy atom. The second-order valence-electron chi connectivity index (χ2n) is 5.01. The Morgan fingerprint density at radius 2 is 2.42 bits per heavy atom. The Kier molecular flexibility index (Phi) is 4.52. The van der Waals surface area contributed by atoms with E-state index in [1.165, 1.54) is 0 Å². The number of hydrogen-bond acceptors (Lipinski definition) is 4. The van der Waals surface area contributed by atoms with Crippen LogP contribution in [0.4, 0.5) is 0 Å². The lowest BCUT2D eigenvalue weighted by molar-refractivity contribution is -0.129. The predicted molar refractivity (Wildman–Crippen MR) is 73.8 cm³/mol. The Bertz CT molecular complexity index is 445. The summed E-state index contributed by atoms with van der Waals surface area (Å²) >= 11 is 1.59. The fourth-order valence-electron chi connectivity index (χ4n) is 2.22. The summed E-state index contributed by atoms with van der Waals surface area (Å²) in [5.74, 6) is -0.144. The van der Waals surface area contributed by atoms with E-state index in [0.717, 1.165) is 11.4 Å². The van der Waals surface area contributed by atoms with Gasteiger partial charge in [0.05, 0.1) is 10.9 Å². The number of carbonyl (C=O) groups is 2. The van der Waals surface area contributed by atoms with Gasteiger partial charge in [0.15, 0.2) is 0 Å². The molecule has 1 atom stereocenters. The number of carbonyl (C=O) groups excluding carboxylic acids is 2. The molecule has 0 spiro atoms. The van der Waals surface area contributed by atoms with Crippen molar-refractivity contribution >= 4 is 23.2 Å². The maximum Gasteiger partial charge on any atom is 0.225 e. The SMILES string of the molecule is CC(C)N1C[C@H](C(=O)NCCc2nccs2)CC1=O. The lowest BCUT2D eigenvalue weighted by Gasteiger charge is -2.20.